The number of hydrogen-bond donors (Lipinski definition) is 3. The van der Waals surface area contributed by atoms with E-state index in [1.165, 1.54) is 4.31 Å². The highest BCUT2D eigenvalue weighted by molar-refractivity contribution is 9.10. The van der Waals surface area contributed by atoms with Crippen molar-refractivity contribution in [2.24, 2.45) is 0 Å². The Balaban J connectivity index is 1.71. The van der Waals surface area contributed by atoms with Gasteiger partial charge in [0.1, 0.15) is 10.7 Å². The quantitative estimate of drug-likeness (QED) is 0.655. The number of urea groups is 1. The van der Waals surface area contributed by atoms with E-state index in [-0.39, 0.29) is 22.8 Å². The van der Waals surface area contributed by atoms with Crippen LogP contribution in [0.5, 0.6) is 0 Å². The van der Waals surface area contributed by atoms with Gasteiger partial charge in [-0.1, -0.05) is 28.8 Å². The van der Waals surface area contributed by atoms with E-state index in [1.54, 1.807) is 6.07 Å². The van der Waals surface area contributed by atoms with Crippen molar-refractivity contribution < 1.29 is 13.2 Å². The fourth-order valence-electron chi connectivity index (χ4n) is 3.96. The van der Waals surface area contributed by atoms with Crippen molar-refractivity contribution >= 4 is 48.7 Å². The van der Waals surface area contributed by atoms with E-state index in [1.807, 2.05) is 12.1 Å². The van der Waals surface area contributed by atoms with Gasteiger partial charge in [-0.2, -0.15) is 4.31 Å². The monoisotopic (exact) mass is 454 g/mol. The van der Waals surface area contributed by atoms with Gasteiger partial charge in [0.25, 0.3) is 0 Å². The minimum absolute atomic E-state index is 0.141. The molecular weight excluding hydrogens is 432 g/mol. The van der Waals surface area contributed by atoms with Crippen molar-refractivity contribution in [2.75, 3.05) is 18.4 Å². The van der Waals surface area contributed by atoms with E-state index < -0.39 is 10.0 Å². The second kappa shape index (κ2) is 7.44. The van der Waals surface area contributed by atoms with Crippen LogP contribution < -0.4 is 10.6 Å². The van der Waals surface area contributed by atoms with E-state index in [9.17, 15) is 13.2 Å². The van der Waals surface area contributed by atoms with E-state index >= 15 is 0 Å². The molecule has 3 N–H and O–H groups in total. The van der Waals surface area contributed by atoms with E-state index in [2.05, 4.69) is 31.5 Å². The fourth-order valence-corrected chi connectivity index (χ4v) is 6.12. The average molecular weight is 455 g/mol. The van der Waals surface area contributed by atoms with Crippen LogP contribution in [0.25, 0.3) is 10.9 Å². The van der Waals surface area contributed by atoms with Crippen LogP contribution in [0, 0.1) is 0 Å². The molecule has 1 saturated carbocycles. The zero-order chi connectivity index (χ0) is 19.0. The van der Waals surface area contributed by atoms with Crippen molar-refractivity contribution in [3.05, 3.63) is 22.7 Å². The molecule has 1 aliphatic carbocycles. The lowest BCUT2D eigenvalue weighted by Crippen LogP contribution is -2.37. The summed E-state index contributed by atoms with van der Waals surface area (Å²) in [4.78, 5) is 15.7. The molecule has 2 aromatic rings. The Kier molecular flexibility index (Phi) is 5.17. The number of rotatable bonds is 4. The summed E-state index contributed by atoms with van der Waals surface area (Å²) in [5.74, 6) is 0.227. The first-order valence-electron chi connectivity index (χ1n) is 9.34. The molecule has 0 atom stereocenters. The Labute approximate surface area is 167 Å². The van der Waals surface area contributed by atoms with Crippen molar-refractivity contribution in [3.63, 3.8) is 0 Å². The second-order valence-electron chi connectivity index (χ2n) is 7.21. The first-order chi connectivity index (χ1) is 12.9. The summed E-state index contributed by atoms with van der Waals surface area (Å²) in [6, 6.07) is 5.21. The molecule has 1 aromatic carbocycles. The van der Waals surface area contributed by atoms with Gasteiger partial charge in [-0.3, -0.25) is 5.32 Å². The first kappa shape index (κ1) is 18.8. The number of aromatic nitrogens is 1. The molecule has 2 heterocycles. The minimum atomic E-state index is -3.70. The fraction of sp³-hybridized carbons (Fsp3) is 0.500. The molecule has 9 heteroatoms. The number of halogens is 1. The van der Waals surface area contributed by atoms with Gasteiger partial charge in [0, 0.05) is 34.5 Å². The third-order valence-electron chi connectivity index (χ3n) is 5.30. The van der Waals surface area contributed by atoms with Gasteiger partial charge >= 0.3 is 6.03 Å². The Hall–Kier alpha value is -1.58. The van der Waals surface area contributed by atoms with Gasteiger partial charge in [0.2, 0.25) is 10.0 Å². The summed E-state index contributed by atoms with van der Waals surface area (Å²) in [6.45, 7) is 1.02. The summed E-state index contributed by atoms with van der Waals surface area (Å²) < 4.78 is 28.9. The highest BCUT2D eigenvalue weighted by Crippen LogP contribution is 2.35. The lowest BCUT2D eigenvalue weighted by Gasteiger charge is -2.17. The van der Waals surface area contributed by atoms with Gasteiger partial charge in [-0.25, -0.2) is 13.2 Å². The number of nitrogens with zero attached hydrogens (tertiary/aromatic N) is 1. The summed E-state index contributed by atoms with van der Waals surface area (Å²) in [5.41, 5.74) is 0.673. The molecule has 146 valence electrons. The summed E-state index contributed by atoms with van der Waals surface area (Å²) in [7, 11) is -3.70. The number of nitrogens with one attached hydrogen (secondary N) is 3. The molecule has 0 unspecified atom stereocenters. The van der Waals surface area contributed by atoms with E-state index in [0.717, 1.165) is 43.0 Å². The molecule has 2 aliphatic rings. The molecule has 1 aromatic heterocycles. The number of H-pyrrole nitrogens is 1. The van der Waals surface area contributed by atoms with Crippen molar-refractivity contribution in [2.45, 2.75) is 49.5 Å². The smallest absolute Gasteiger partial charge is 0.320 e. The molecule has 7 nitrogen and oxygen atoms in total. The van der Waals surface area contributed by atoms with Gasteiger partial charge in [-0.05, 0) is 43.9 Å². The number of anilines is 1. The third kappa shape index (κ3) is 3.72. The van der Waals surface area contributed by atoms with Gasteiger partial charge in [-0.15, -0.1) is 0 Å². The van der Waals surface area contributed by atoms with Gasteiger partial charge in [0.05, 0.1) is 0 Å². The number of carbonyl (C=O) groups excluding carboxylic acids is 1. The van der Waals surface area contributed by atoms with Crippen molar-refractivity contribution in [3.8, 4) is 0 Å². The van der Waals surface area contributed by atoms with Crippen LogP contribution in [0.3, 0.4) is 0 Å². The maximum absolute atomic E-state index is 13.3. The van der Waals surface area contributed by atoms with Crippen LogP contribution in [0.1, 0.15) is 38.5 Å². The Bertz CT molecular complexity index is 960. The maximum Gasteiger partial charge on any atom is 0.320 e. The second-order valence-corrected chi connectivity index (χ2v) is 10.0. The van der Waals surface area contributed by atoms with Crippen LogP contribution in [0.4, 0.5) is 10.6 Å². The first-order valence-corrected chi connectivity index (χ1v) is 11.6. The van der Waals surface area contributed by atoms with Crippen LogP contribution in [0.15, 0.2) is 27.6 Å². The number of carbonyl (C=O) groups is 1. The number of amides is 2. The van der Waals surface area contributed by atoms with Crippen LogP contribution in [-0.2, 0) is 10.0 Å². The van der Waals surface area contributed by atoms with E-state index in [0.29, 0.717) is 24.0 Å². The Morgan fingerprint density at radius 3 is 2.56 bits per heavy atom. The normalized spacial score (nSPS) is 19.0. The highest BCUT2D eigenvalue weighted by atomic mass is 79.9. The largest absolute Gasteiger partial charge is 0.340 e. The van der Waals surface area contributed by atoms with Crippen LogP contribution in [0.2, 0.25) is 0 Å². The summed E-state index contributed by atoms with van der Waals surface area (Å²) in [6.07, 6.45) is 5.87. The SMILES string of the molecule is O=C(Nc1[nH]c2ccc(Br)cc2c1S(=O)(=O)N1CCCC1)NC1CCCC1. The standard InChI is InChI=1S/C18H23BrN4O3S/c19-12-7-8-15-14(11-12)16(27(25,26)23-9-3-4-10-23)17(21-15)22-18(24)20-13-5-1-2-6-13/h7-8,11,13,21H,1-6,9-10H2,(H2,20,22,24). The lowest BCUT2D eigenvalue weighted by molar-refractivity contribution is 0.248. The number of aromatic amines is 1. The molecule has 4 rings (SSSR count). The van der Waals surface area contributed by atoms with Crippen molar-refractivity contribution in [1.82, 2.24) is 14.6 Å². The van der Waals surface area contributed by atoms with Crippen LogP contribution in [-0.4, -0.2) is 42.9 Å². The number of benzene rings is 1. The topological polar surface area (TPSA) is 94.3 Å². The van der Waals surface area contributed by atoms with Crippen molar-refractivity contribution in [1.29, 1.82) is 0 Å². The van der Waals surface area contributed by atoms with Gasteiger partial charge in [0.15, 0.2) is 0 Å². The Morgan fingerprint density at radius 1 is 1.15 bits per heavy atom. The highest BCUT2D eigenvalue weighted by Gasteiger charge is 2.33. The van der Waals surface area contributed by atoms with Crippen LogP contribution >= 0.6 is 15.9 Å². The average Bonchev–Trinajstić information content (AvgIpc) is 3.35. The summed E-state index contributed by atoms with van der Waals surface area (Å²) in [5, 5.41) is 6.27. The minimum Gasteiger partial charge on any atom is -0.340 e. The molecule has 2 fully saturated rings. The predicted molar refractivity (Wildman–Crippen MR) is 108 cm³/mol. The number of hydrogen-bond acceptors (Lipinski definition) is 3. The molecule has 1 saturated heterocycles. The van der Waals surface area contributed by atoms with Gasteiger partial charge < -0.3 is 10.3 Å². The molecule has 2 amide bonds. The maximum atomic E-state index is 13.3. The molecule has 27 heavy (non-hydrogen) atoms. The molecule has 0 spiro atoms. The molecular formula is C18H23BrN4O3S. The predicted octanol–water partition coefficient (Wildman–Crippen LogP) is 3.78. The zero-order valence-electron chi connectivity index (χ0n) is 14.9. The number of sulfonamides is 1. The third-order valence-corrected chi connectivity index (χ3v) is 7.78. The molecule has 1 aliphatic heterocycles. The molecule has 0 radical (unpaired) electrons. The van der Waals surface area contributed by atoms with E-state index in [4.69, 9.17) is 0 Å². The lowest BCUT2D eigenvalue weighted by atomic mass is 10.2. The number of fused-ring (bicyclic) bond motifs is 1. The Morgan fingerprint density at radius 2 is 1.85 bits per heavy atom. The summed E-state index contributed by atoms with van der Waals surface area (Å²) >= 11 is 3.41. The molecule has 0 bridgehead atoms. The zero-order valence-corrected chi connectivity index (χ0v) is 17.3.